The Morgan fingerprint density at radius 3 is 2.67 bits per heavy atom. The summed E-state index contributed by atoms with van der Waals surface area (Å²) in [6, 6.07) is 3.28. The van der Waals surface area contributed by atoms with Gasteiger partial charge in [-0.2, -0.15) is 0 Å². The molecule has 0 aliphatic rings. The van der Waals surface area contributed by atoms with Crippen LogP contribution in [0, 0.1) is 6.92 Å². The lowest BCUT2D eigenvalue weighted by molar-refractivity contribution is -0.139. The monoisotopic (exact) mass is 249 g/mol. The van der Waals surface area contributed by atoms with E-state index in [1.807, 2.05) is 0 Å². The standard InChI is InChI=1S/C13H15NO4/c1-3-4-11(13(17)18)14-12(16)10-6-5-9(15)7-8(10)2/h3,5-7,11,15H,1,4H2,2H3,(H,14,16)(H,17,18). The van der Waals surface area contributed by atoms with Crippen LogP contribution in [0.5, 0.6) is 5.75 Å². The highest BCUT2D eigenvalue weighted by atomic mass is 16.4. The zero-order chi connectivity index (χ0) is 13.7. The highest BCUT2D eigenvalue weighted by molar-refractivity contribution is 5.97. The third kappa shape index (κ3) is 3.35. The number of amides is 1. The first-order chi connectivity index (χ1) is 8.45. The molecule has 0 saturated carbocycles. The van der Waals surface area contributed by atoms with Crippen LogP contribution in [0.2, 0.25) is 0 Å². The second kappa shape index (κ2) is 5.86. The van der Waals surface area contributed by atoms with E-state index in [0.717, 1.165) is 0 Å². The summed E-state index contributed by atoms with van der Waals surface area (Å²) in [5.74, 6) is -1.54. The Labute approximate surface area is 105 Å². The quantitative estimate of drug-likeness (QED) is 0.689. The molecule has 3 N–H and O–H groups in total. The fourth-order valence-electron chi connectivity index (χ4n) is 1.53. The van der Waals surface area contributed by atoms with Gasteiger partial charge in [0.2, 0.25) is 0 Å². The molecule has 5 nitrogen and oxygen atoms in total. The Morgan fingerprint density at radius 1 is 1.50 bits per heavy atom. The number of carboxylic acid groups (broad SMARTS) is 1. The minimum Gasteiger partial charge on any atom is -0.508 e. The Bertz CT molecular complexity index is 482. The number of rotatable bonds is 5. The van der Waals surface area contributed by atoms with Crippen molar-refractivity contribution in [2.45, 2.75) is 19.4 Å². The Kier molecular flexibility index (Phi) is 4.48. The summed E-state index contributed by atoms with van der Waals surface area (Å²) >= 11 is 0. The van der Waals surface area contributed by atoms with Gasteiger partial charge in [0, 0.05) is 5.56 Å². The summed E-state index contributed by atoms with van der Waals surface area (Å²) in [7, 11) is 0. The Balaban J connectivity index is 2.86. The molecule has 1 rings (SSSR count). The first-order valence-corrected chi connectivity index (χ1v) is 5.40. The van der Waals surface area contributed by atoms with Crippen LogP contribution in [0.3, 0.4) is 0 Å². The summed E-state index contributed by atoms with van der Waals surface area (Å²) in [6.07, 6.45) is 1.58. The van der Waals surface area contributed by atoms with E-state index in [-0.39, 0.29) is 12.2 Å². The van der Waals surface area contributed by atoms with E-state index in [1.165, 1.54) is 24.3 Å². The lowest BCUT2D eigenvalue weighted by Gasteiger charge is -2.13. The van der Waals surface area contributed by atoms with Crippen molar-refractivity contribution in [1.82, 2.24) is 5.32 Å². The molecule has 5 heteroatoms. The van der Waals surface area contributed by atoms with Gasteiger partial charge < -0.3 is 15.5 Å². The van der Waals surface area contributed by atoms with Crippen LogP contribution in [0.4, 0.5) is 0 Å². The number of carbonyl (C=O) groups excluding carboxylic acids is 1. The smallest absolute Gasteiger partial charge is 0.326 e. The van der Waals surface area contributed by atoms with Crippen molar-refractivity contribution in [1.29, 1.82) is 0 Å². The van der Waals surface area contributed by atoms with E-state index in [2.05, 4.69) is 11.9 Å². The SMILES string of the molecule is C=CCC(NC(=O)c1ccc(O)cc1C)C(=O)O. The zero-order valence-corrected chi connectivity index (χ0v) is 10.0. The van der Waals surface area contributed by atoms with Crippen LogP contribution in [0.1, 0.15) is 22.3 Å². The summed E-state index contributed by atoms with van der Waals surface area (Å²) in [4.78, 5) is 22.8. The molecule has 0 spiro atoms. The Morgan fingerprint density at radius 2 is 2.17 bits per heavy atom. The molecule has 0 aliphatic carbocycles. The van der Waals surface area contributed by atoms with Crippen molar-refractivity contribution in [3.63, 3.8) is 0 Å². The average Bonchev–Trinajstić information content (AvgIpc) is 2.27. The van der Waals surface area contributed by atoms with E-state index in [9.17, 15) is 14.7 Å². The largest absolute Gasteiger partial charge is 0.508 e. The van der Waals surface area contributed by atoms with Crippen molar-refractivity contribution in [2.75, 3.05) is 0 Å². The molecule has 0 saturated heterocycles. The second-order valence-electron chi connectivity index (χ2n) is 3.89. The molecule has 0 fully saturated rings. The van der Waals surface area contributed by atoms with E-state index in [0.29, 0.717) is 11.1 Å². The Hall–Kier alpha value is -2.30. The fourth-order valence-corrected chi connectivity index (χ4v) is 1.53. The van der Waals surface area contributed by atoms with Gasteiger partial charge in [-0.1, -0.05) is 6.08 Å². The molecule has 1 amide bonds. The van der Waals surface area contributed by atoms with Gasteiger partial charge in [0.25, 0.3) is 5.91 Å². The van der Waals surface area contributed by atoms with Crippen LogP contribution < -0.4 is 5.32 Å². The minimum atomic E-state index is -1.11. The number of nitrogens with one attached hydrogen (secondary N) is 1. The number of carbonyl (C=O) groups is 2. The van der Waals surface area contributed by atoms with Crippen molar-refractivity contribution < 1.29 is 19.8 Å². The van der Waals surface area contributed by atoms with Crippen molar-refractivity contribution in [3.05, 3.63) is 42.0 Å². The summed E-state index contributed by atoms with van der Waals surface area (Å²) in [5, 5.41) is 20.5. The molecule has 0 aromatic heterocycles. The summed E-state index contributed by atoms with van der Waals surface area (Å²) in [5.41, 5.74) is 0.915. The van der Waals surface area contributed by atoms with Crippen LogP contribution in [0.25, 0.3) is 0 Å². The first-order valence-electron chi connectivity index (χ1n) is 5.40. The normalized spacial score (nSPS) is 11.6. The van der Waals surface area contributed by atoms with E-state index in [4.69, 9.17) is 5.11 Å². The predicted molar refractivity (Wildman–Crippen MR) is 66.5 cm³/mol. The molecule has 1 aromatic rings. The number of aryl methyl sites for hydroxylation is 1. The second-order valence-corrected chi connectivity index (χ2v) is 3.89. The first kappa shape index (κ1) is 13.8. The van der Waals surface area contributed by atoms with Gasteiger partial charge >= 0.3 is 5.97 Å². The molecule has 96 valence electrons. The average molecular weight is 249 g/mol. The number of aliphatic carboxylic acids is 1. The highest BCUT2D eigenvalue weighted by Crippen LogP contribution is 2.15. The molecular formula is C13H15NO4. The van der Waals surface area contributed by atoms with Crippen molar-refractivity contribution in [2.24, 2.45) is 0 Å². The highest BCUT2D eigenvalue weighted by Gasteiger charge is 2.20. The molecule has 0 bridgehead atoms. The van der Waals surface area contributed by atoms with Crippen LogP contribution in [0.15, 0.2) is 30.9 Å². The lowest BCUT2D eigenvalue weighted by Crippen LogP contribution is -2.40. The van der Waals surface area contributed by atoms with E-state index < -0.39 is 17.9 Å². The fraction of sp³-hybridized carbons (Fsp3) is 0.231. The van der Waals surface area contributed by atoms with Gasteiger partial charge in [-0.3, -0.25) is 4.79 Å². The van der Waals surface area contributed by atoms with E-state index in [1.54, 1.807) is 6.92 Å². The maximum atomic E-state index is 11.9. The zero-order valence-electron chi connectivity index (χ0n) is 10.0. The van der Waals surface area contributed by atoms with E-state index >= 15 is 0 Å². The topological polar surface area (TPSA) is 86.6 Å². The van der Waals surface area contributed by atoms with Gasteiger partial charge in [0.05, 0.1) is 0 Å². The lowest BCUT2D eigenvalue weighted by atomic mass is 10.1. The molecule has 18 heavy (non-hydrogen) atoms. The molecule has 1 aromatic carbocycles. The molecule has 0 radical (unpaired) electrons. The van der Waals surface area contributed by atoms with Crippen LogP contribution >= 0.6 is 0 Å². The van der Waals surface area contributed by atoms with Gasteiger partial charge in [-0.05, 0) is 37.1 Å². The maximum absolute atomic E-state index is 11.9. The number of phenols is 1. The number of phenolic OH excluding ortho intramolecular Hbond substituents is 1. The molecular weight excluding hydrogens is 234 g/mol. The van der Waals surface area contributed by atoms with Gasteiger partial charge in [0.1, 0.15) is 11.8 Å². The summed E-state index contributed by atoms with van der Waals surface area (Å²) in [6.45, 7) is 5.11. The molecule has 1 atom stereocenters. The molecule has 0 heterocycles. The third-order valence-electron chi connectivity index (χ3n) is 2.46. The number of carboxylic acids is 1. The van der Waals surface area contributed by atoms with Gasteiger partial charge in [0.15, 0.2) is 0 Å². The van der Waals surface area contributed by atoms with Crippen molar-refractivity contribution in [3.8, 4) is 5.75 Å². The maximum Gasteiger partial charge on any atom is 0.326 e. The minimum absolute atomic E-state index is 0.0601. The summed E-state index contributed by atoms with van der Waals surface area (Å²) < 4.78 is 0. The number of hydrogen-bond acceptors (Lipinski definition) is 3. The van der Waals surface area contributed by atoms with Crippen molar-refractivity contribution >= 4 is 11.9 Å². The van der Waals surface area contributed by atoms with Crippen LogP contribution in [-0.2, 0) is 4.79 Å². The number of benzene rings is 1. The third-order valence-corrected chi connectivity index (χ3v) is 2.46. The predicted octanol–water partition coefficient (Wildman–Crippen LogP) is 1.46. The number of hydrogen-bond donors (Lipinski definition) is 3. The van der Waals surface area contributed by atoms with Gasteiger partial charge in [-0.25, -0.2) is 4.79 Å². The number of aromatic hydroxyl groups is 1. The van der Waals surface area contributed by atoms with Gasteiger partial charge in [-0.15, -0.1) is 6.58 Å². The molecule has 1 unspecified atom stereocenters. The molecule has 0 aliphatic heterocycles. The van der Waals surface area contributed by atoms with Crippen LogP contribution in [-0.4, -0.2) is 28.1 Å².